The zero-order chi connectivity index (χ0) is 9.68. The molecule has 0 unspecified atom stereocenters. The summed E-state index contributed by atoms with van der Waals surface area (Å²) in [5, 5.41) is 8.76. The van der Waals surface area contributed by atoms with Crippen LogP contribution in [0, 0.1) is 17.9 Å². The van der Waals surface area contributed by atoms with Gasteiger partial charge in [0.15, 0.2) is 0 Å². The molecule has 0 saturated heterocycles. The maximum atomic E-state index is 8.55. The summed E-state index contributed by atoms with van der Waals surface area (Å²) in [6, 6.07) is 10.7. The predicted octanol–water partition coefficient (Wildman–Crippen LogP) is 3.04. The van der Waals surface area contributed by atoms with E-state index in [2.05, 4.69) is 4.85 Å². The highest BCUT2D eigenvalue weighted by atomic mass is 35.5. The van der Waals surface area contributed by atoms with Crippen LogP contribution in [0.4, 0.5) is 0 Å². The predicted molar refractivity (Wildman–Crippen MR) is 51.4 cm³/mol. The maximum Gasteiger partial charge on any atom is 0.280 e. The lowest BCUT2D eigenvalue weighted by Gasteiger charge is -1.97. The molecule has 2 nitrogen and oxygen atoms in total. The molecule has 3 heteroatoms. The van der Waals surface area contributed by atoms with Crippen LogP contribution in [0.2, 0.25) is 0 Å². The van der Waals surface area contributed by atoms with Gasteiger partial charge in [0, 0.05) is 0 Å². The molecule has 0 fully saturated rings. The van der Waals surface area contributed by atoms with E-state index in [4.69, 9.17) is 23.4 Å². The first kappa shape index (κ1) is 9.32. The molecular weight excluding hydrogens is 184 g/mol. The van der Waals surface area contributed by atoms with Crippen molar-refractivity contribution in [1.29, 1.82) is 5.26 Å². The number of nitriles is 1. The Morgan fingerprint density at radius 2 is 2.00 bits per heavy atom. The summed E-state index contributed by atoms with van der Waals surface area (Å²) in [5.41, 5.74) is 0.615. The van der Waals surface area contributed by atoms with E-state index in [-0.39, 0.29) is 10.7 Å². The van der Waals surface area contributed by atoms with Gasteiger partial charge in [0.1, 0.15) is 0 Å². The summed E-state index contributed by atoms with van der Waals surface area (Å²) < 4.78 is 0. The van der Waals surface area contributed by atoms with Gasteiger partial charge in [-0.05, 0) is 5.56 Å². The van der Waals surface area contributed by atoms with E-state index in [1.165, 1.54) is 0 Å². The van der Waals surface area contributed by atoms with Crippen LogP contribution >= 0.6 is 11.6 Å². The Hall–Kier alpha value is -1.77. The minimum atomic E-state index is -0.0760. The standard InChI is InChI=1S/C10H5ClN2/c1-13-9(7-12)10(11)8-5-3-2-4-6-8/h2-6H/b10-9+. The normalized spacial score (nSPS) is 11.0. The fraction of sp³-hybridized carbons (Fsp3) is 0. The second kappa shape index (κ2) is 4.30. The summed E-state index contributed by atoms with van der Waals surface area (Å²) in [5.74, 6) is 0. The van der Waals surface area contributed by atoms with Gasteiger partial charge < -0.3 is 0 Å². The van der Waals surface area contributed by atoms with Crippen LogP contribution in [0.15, 0.2) is 36.0 Å². The Labute approximate surface area is 81.5 Å². The van der Waals surface area contributed by atoms with Crippen molar-refractivity contribution in [1.82, 2.24) is 0 Å². The average Bonchev–Trinajstić information content (AvgIpc) is 2.21. The lowest BCUT2D eigenvalue weighted by atomic mass is 10.2. The van der Waals surface area contributed by atoms with E-state index in [1.54, 1.807) is 30.3 Å². The van der Waals surface area contributed by atoms with Crippen LogP contribution in [0.3, 0.4) is 0 Å². The van der Waals surface area contributed by atoms with Gasteiger partial charge in [-0.15, -0.1) is 0 Å². The zero-order valence-electron chi connectivity index (χ0n) is 6.66. The number of hydrogen-bond donors (Lipinski definition) is 0. The van der Waals surface area contributed by atoms with Crippen molar-refractivity contribution >= 4 is 16.6 Å². The summed E-state index contributed by atoms with van der Waals surface area (Å²) in [4.78, 5) is 3.02. The molecule has 0 aliphatic heterocycles. The van der Waals surface area contributed by atoms with E-state index in [0.717, 1.165) is 0 Å². The molecule has 13 heavy (non-hydrogen) atoms. The topological polar surface area (TPSA) is 28.1 Å². The quantitative estimate of drug-likeness (QED) is 0.492. The summed E-state index contributed by atoms with van der Waals surface area (Å²) >= 11 is 5.82. The summed E-state index contributed by atoms with van der Waals surface area (Å²) in [6.45, 7) is 6.70. The van der Waals surface area contributed by atoms with Gasteiger partial charge in [0.25, 0.3) is 5.70 Å². The highest BCUT2D eigenvalue weighted by Crippen LogP contribution is 2.22. The molecule has 1 aromatic rings. The van der Waals surface area contributed by atoms with Crippen LogP contribution < -0.4 is 0 Å². The summed E-state index contributed by atoms with van der Waals surface area (Å²) in [7, 11) is 0. The summed E-state index contributed by atoms with van der Waals surface area (Å²) in [6.07, 6.45) is 0. The van der Waals surface area contributed by atoms with E-state index in [1.807, 2.05) is 6.07 Å². The SMILES string of the molecule is [C-]#[N+]/C(C#N)=C(/Cl)c1ccccc1. The van der Waals surface area contributed by atoms with Crippen molar-refractivity contribution in [3.8, 4) is 6.07 Å². The molecule has 0 aliphatic carbocycles. The van der Waals surface area contributed by atoms with Gasteiger partial charge in [0.2, 0.25) is 0 Å². The van der Waals surface area contributed by atoms with E-state index >= 15 is 0 Å². The van der Waals surface area contributed by atoms with E-state index in [9.17, 15) is 0 Å². The molecule has 0 bridgehead atoms. The molecule has 0 amide bonds. The Morgan fingerprint density at radius 1 is 1.38 bits per heavy atom. The zero-order valence-corrected chi connectivity index (χ0v) is 7.42. The third-order valence-electron chi connectivity index (χ3n) is 1.45. The van der Waals surface area contributed by atoms with E-state index < -0.39 is 0 Å². The molecule has 0 spiro atoms. The van der Waals surface area contributed by atoms with Gasteiger partial charge in [-0.2, -0.15) is 0 Å². The Morgan fingerprint density at radius 3 is 2.46 bits per heavy atom. The van der Waals surface area contributed by atoms with Crippen molar-refractivity contribution in [3.63, 3.8) is 0 Å². The molecule has 0 radical (unpaired) electrons. The second-order valence-corrected chi connectivity index (χ2v) is 2.63. The number of allylic oxidation sites excluding steroid dienone is 1. The first-order chi connectivity index (χ1) is 6.29. The molecule has 0 heterocycles. The second-order valence-electron chi connectivity index (χ2n) is 2.25. The molecule has 0 aliphatic rings. The first-order valence-corrected chi connectivity index (χ1v) is 3.90. The van der Waals surface area contributed by atoms with Crippen molar-refractivity contribution < 1.29 is 0 Å². The average molecular weight is 189 g/mol. The van der Waals surface area contributed by atoms with Crippen LogP contribution in [-0.4, -0.2) is 0 Å². The third kappa shape index (κ3) is 2.08. The Balaban J connectivity index is 3.21. The molecular formula is C10H5ClN2. The highest BCUT2D eigenvalue weighted by Gasteiger charge is 2.04. The Kier molecular flexibility index (Phi) is 3.09. The van der Waals surface area contributed by atoms with Crippen LogP contribution in [-0.2, 0) is 0 Å². The van der Waals surface area contributed by atoms with Gasteiger partial charge in [-0.3, -0.25) is 0 Å². The Bertz CT molecular complexity index is 391. The largest absolute Gasteiger partial charge is 0.280 e. The molecule has 0 N–H and O–H groups in total. The fourth-order valence-electron chi connectivity index (χ4n) is 0.844. The van der Waals surface area contributed by atoms with Gasteiger partial charge >= 0.3 is 0 Å². The van der Waals surface area contributed by atoms with Crippen molar-refractivity contribution in [2.24, 2.45) is 0 Å². The number of nitrogens with zero attached hydrogens (tertiary/aromatic N) is 2. The first-order valence-electron chi connectivity index (χ1n) is 3.52. The van der Waals surface area contributed by atoms with Crippen molar-refractivity contribution in [2.75, 3.05) is 0 Å². The van der Waals surface area contributed by atoms with Crippen molar-refractivity contribution in [2.45, 2.75) is 0 Å². The lowest BCUT2D eigenvalue weighted by molar-refractivity contribution is 1.50. The number of benzene rings is 1. The lowest BCUT2D eigenvalue weighted by Crippen LogP contribution is -1.79. The van der Waals surface area contributed by atoms with Crippen LogP contribution in [0.5, 0.6) is 0 Å². The molecule has 1 aromatic carbocycles. The monoisotopic (exact) mass is 188 g/mol. The van der Waals surface area contributed by atoms with Gasteiger partial charge in [-0.1, -0.05) is 41.9 Å². The fourth-order valence-corrected chi connectivity index (χ4v) is 1.05. The number of halogens is 1. The minimum absolute atomic E-state index is 0.0760. The minimum Gasteiger partial charge on any atom is -0.225 e. The van der Waals surface area contributed by atoms with Crippen LogP contribution in [0.25, 0.3) is 9.88 Å². The molecule has 1 rings (SSSR count). The highest BCUT2D eigenvalue weighted by molar-refractivity contribution is 6.49. The molecule has 0 aromatic heterocycles. The van der Waals surface area contributed by atoms with Gasteiger partial charge in [-0.25, -0.2) is 10.1 Å². The maximum absolute atomic E-state index is 8.55. The van der Waals surface area contributed by atoms with Crippen molar-refractivity contribution in [3.05, 3.63) is 53.0 Å². The number of hydrogen-bond acceptors (Lipinski definition) is 1. The smallest absolute Gasteiger partial charge is 0.225 e. The van der Waals surface area contributed by atoms with Crippen LogP contribution in [0.1, 0.15) is 5.56 Å². The number of rotatable bonds is 1. The van der Waals surface area contributed by atoms with E-state index in [0.29, 0.717) is 5.56 Å². The molecule has 62 valence electrons. The molecule has 0 saturated carbocycles. The molecule has 0 atom stereocenters. The third-order valence-corrected chi connectivity index (χ3v) is 1.85. The van der Waals surface area contributed by atoms with Gasteiger partial charge in [0.05, 0.1) is 17.7 Å².